The standard InChI is InChI=1S/C13H15NO4/c1-3-17-12-7-10(8-14)4-5-11(12)18-9(2)6-13(15)16/h4-5,7,9H,3,6H2,1-2H3,(H,15,16). The Bertz CT molecular complexity index is 465. The van der Waals surface area contributed by atoms with Crippen LogP contribution in [0.15, 0.2) is 18.2 Å². The van der Waals surface area contributed by atoms with E-state index in [4.69, 9.17) is 19.8 Å². The number of rotatable bonds is 6. The summed E-state index contributed by atoms with van der Waals surface area (Å²) in [6.45, 7) is 3.93. The Morgan fingerprint density at radius 1 is 1.50 bits per heavy atom. The van der Waals surface area contributed by atoms with Gasteiger partial charge in [0.15, 0.2) is 11.5 Å². The molecule has 5 nitrogen and oxygen atoms in total. The largest absolute Gasteiger partial charge is 0.490 e. The fraction of sp³-hybridized carbons (Fsp3) is 0.385. The first-order valence-electron chi connectivity index (χ1n) is 5.62. The predicted octanol–water partition coefficient (Wildman–Crippen LogP) is 2.20. The first-order valence-corrected chi connectivity index (χ1v) is 5.62. The van der Waals surface area contributed by atoms with Crippen LogP contribution in [0.5, 0.6) is 11.5 Å². The van der Waals surface area contributed by atoms with E-state index in [9.17, 15) is 4.79 Å². The van der Waals surface area contributed by atoms with E-state index < -0.39 is 12.1 Å². The van der Waals surface area contributed by atoms with E-state index in [1.165, 1.54) is 0 Å². The maximum Gasteiger partial charge on any atom is 0.307 e. The summed E-state index contributed by atoms with van der Waals surface area (Å²) in [7, 11) is 0. The van der Waals surface area contributed by atoms with Gasteiger partial charge in [-0.05, 0) is 26.0 Å². The van der Waals surface area contributed by atoms with E-state index in [2.05, 4.69) is 0 Å². The average Bonchev–Trinajstić information content (AvgIpc) is 2.30. The van der Waals surface area contributed by atoms with Gasteiger partial charge in [-0.25, -0.2) is 0 Å². The number of nitriles is 1. The molecule has 0 saturated carbocycles. The lowest BCUT2D eigenvalue weighted by Crippen LogP contribution is -2.17. The monoisotopic (exact) mass is 249 g/mol. The van der Waals surface area contributed by atoms with Crippen LogP contribution in [0, 0.1) is 11.3 Å². The first-order chi connectivity index (χ1) is 8.56. The van der Waals surface area contributed by atoms with Gasteiger partial charge in [0.25, 0.3) is 0 Å². The van der Waals surface area contributed by atoms with Gasteiger partial charge in [0, 0.05) is 6.07 Å². The van der Waals surface area contributed by atoms with Gasteiger partial charge < -0.3 is 14.6 Å². The number of benzene rings is 1. The molecule has 1 rings (SSSR count). The highest BCUT2D eigenvalue weighted by atomic mass is 16.5. The molecule has 0 saturated heterocycles. The zero-order valence-corrected chi connectivity index (χ0v) is 10.3. The second kappa shape index (κ2) is 6.50. The number of carboxylic acid groups (broad SMARTS) is 1. The Labute approximate surface area is 106 Å². The molecule has 1 atom stereocenters. The molecule has 0 spiro atoms. The van der Waals surface area contributed by atoms with Crippen molar-refractivity contribution < 1.29 is 19.4 Å². The molecule has 1 unspecified atom stereocenters. The molecule has 18 heavy (non-hydrogen) atoms. The van der Waals surface area contributed by atoms with Gasteiger partial charge in [0.05, 0.1) is 24.7 Å². The van der Waals surface area contributed by atoms with Crippen molar-refractivity contribution in [3.05, 3.63) is 23.8 Å². The van der Waals surface area contributed by atoms with Crippen molar-refractivity contribution in [3.8, 4) is 17.6 Å². The molecule has 0 amide bonds. The first kappa shape index (κ1) is 13.8. The van der Waals surface area contributed by atoms with Crippen LogP contribution in [0.4, 0.5) is 0 Å². The molecular weight excluding hydrogens is 234 g/mol. The Hall–Kier alpha value is -2.22. The van der Waals surface area contributed by atoms with E-state index in [0.29, 0.717) is 23.7 Å². The number of carboxylic acids is 1. The second-order valence-electron chi connectivity index (χ2n) is 3.73. The van der Waals surface area contributed by atoms with Crippen molar-refractivity contribution in [3.63, 3.8) is 0 Å². The van der Waals surface area contributed by atoms with Crippen molar-refractivity contribution in [1.82, 2.24) is 0 Å². The van der Waals surface area contributed by atoms with Crippen LogP contribution in [0.3, 0.4) is 0 Å². The molecule has 0 aliphatic heterocycles. The fourth-order valence-electron chi connectivity index (χ4n) is 1.45. The average molecular weight is 249 g/mol. The molecule has 0 heterocycles. The molecule has 0 fully saturated rings. The molecule has 1 aromatic rings. The smallest absolute Gasteiger partial charge is 0.307 e. The summed E-state index contributed by atoms with van der Waals surface area (Å²) >= 11 is 0. The Balaban J connectivity index is 2.87. The topological polar surface area (TPSA) is 79.5 Å². The maximum atomic E-state index is 10.6. The van der Waals surface area contributed by atoms with Crippen LogP contribution in [-0.4, -0.2) is 23.8 Å². The second-order valence-corrected chi connectivity index (χ2v) is 3.73. The summed E-state index contributed by atoms with van der Waals surface area (Å²) in [4.78, 5) is 10.6. The SMILES string of the molecule is CCOc1cc(C#N)ccc1OC(C)CC(=O)O. The normalized spacial score (nSPS) is 11.4. The van der Waals surface area contributed by atoms with Gasteiger partial charge in [-0.15, -0.1) is 0 Å². The van der Waals surface area contributed by atoms with E-state index in [1.807, 2.05) is 13.0 Å². The summed E-state index contributed by atoms with van der Waals surface area (Å²) in [6.07, 6.45) is -0.555. The zero-order valence-electron chi connectivity index (χ0n) is 10.3. The number of carbonyl (C=O) groups is 1. The fourth-order valence-corrected chi connectivity index (χ4v) is 1.45. The number of hydrogen-bond donors (Lipinski definition) is 1. The van der Waals surface area contributed by atoms with Crippen LogP contribution in [-0.2, 0) is 4.79 Å². The maximum absolute atomic E-state index is 10.6. The molecule has 1 N–H and O–H groups in total. The lowest BCUT2D eigenvalue weighted by atomic mass is 10.2. The van der Waals surface area contributed by atoms with Gasteiger partial charge in [-0.3, -0.25) is 4.79 Å². The minimum atomic E-state index is -0.922. The quantitative estimate of drug-likeness (QED) is 0.836. The van der Waals surface area contributed by atoms with Gasteiger partial charge in [0.2, 0.25) is 0 Å². The van der Waals surface area contributed by atoms with Crippen LogP contribution in [0.1, 0.15) is 25.8 Å². The molecular formula is C13H15NO4. The van der Waals surface area contributed by atoms with Crippen LogP contribution in [0.25, 0.3) is 0 Å². The summed E-state index contributed by atoms with van der Waals surface area (Å²) in [5, 5.41) is 17.5. The minimum Gasteiger partial charge on any atom is -0.490 e. The third-order valence-corrected chi connectivity index (χ3v) is 2.16. The molecule has 0 aromatic heterocycles. The van der Waals surface area contributed by atoms with Gasteiger partial charge in [0.1, 0.15) is 6.10 Å². The van der Waals surface area contributed by atoms with Crippen LogP contribution in [0.2, 0.25) is 0 Å². The van der Waals surface area contributed by atoms with Crippen molar-refractivity contribution in [2.24, 2.45) is 0 Å². The summed E-state index contributed by atoms with van der Waals surface area (Å²) in [5.41, 5.74) is 0.469. The van der Waals surface area contributed by atoms with Crippen molar-refractivity contribution in [1.29, 1.82) is 5.26 Å². The van der Waals surface area contributed by atoms with Crippen LogP contribution >= 0.6 is 0 Å². The predicted molar refractivity (Wildman–Crippen MR) is 64.7 cm³/mol. The number of nitrogens with zero attached hydrogens (tertiary/aromatic N) is 1. The van der Waals surface area contributed by atoms with E-state index >= 15 is 0 Å². The van der Waals surface area contributed by atoms with E-state index in [0.717, 1.165) is 0 Å². The van der Waals surface area contributed by atoms with Crippen molar-refractivity contribution >= 4 is 5.97 Å². The number of hydrogen-bond acceptors (Lipinski definition) is 4. The molecule has 0 radical (unpaired) electrons. The van der Waals surface area contributed by atoms with E-state index in [-0.39, 0.29) is 6.42 Å². The third kappa shape index (κ3) is 3.98. The van der Waals surface area contributed by atoms with E-state index in [1.54, 1.807) is 25.1 Å². The van der Waals surface area contributed by atoms with Crippen molar-refractivity contribution in [2.75, 3.05) is 6.61 Å². The lowest BCUT2D eigenvalue weighted by molar-refractivity contribution is -0.138. The highest BCUT2D eigenvalue weighted by molar-refractivity contribution is 5.67. The Morgan fingerprint density at radius 2 is 2.22 bits per heavy atom. The molecule has 5 heteroatoms. The van der Waals surface area contributed by atoms with Gasteiger partial charge in [-0.1, -0.05) is 0 Å². The molecule has 0 aliphatic carbocycles. The third-order valence-electron chi connectivity index (χ3n) is 2.16. The highest BCUT2D eigenvalue weighted by Crippen LogP contribution is 2.29. The molecule has 0 bridgehead atoms. The van der Waals surface area contributed by atoms with Gasteiger partial charge >= 0.3 is 5.97 Å². The molecule has 1 aromatic carbocycles. The minimum absolute atomic E-state index is 0.0917. The lowest BCUT2D eigenvalue weighted by Gasteiger charge is -2.16. The Morgan fingerprint density at radius 3 is 2.78 bits per heavy atom. The molecule has 96 valence electrons. The van der Waals surface area contributed by atoms with Crippen LogP contribution < -0.4 is 9.47 Å². The summed E-state index contributed by atoms with van der Waals surface area (Å²) in [6, 6.07) is 6.80. The summed E-state index contributed by atoms with van der Waals surface area (Å²) < 4.78 is 10.9. The zero-order chi connectivity index (χ0) is 13.5. The van der Waals surface area contributed by atoms with Crippen molar-refractivity contribution in [2.45, 2.75) is 26.4 Å². The number of ether oxygens (including phenoxy) is 2. The highest BCUT2D eigenvalue weighted by Gasteiger charge is 2.13. The molecule has 0 aliphatic rings. The summed E-state index contributed by atoms with van der Waals surface area (Å²) in [5.74, 6) is -0.0208. The number of aliphatic carboxylic acids is 1. The van der Waals surface area contributed by atoms with Gasteiger partial charge in [-0.2, -0.15) is 5.26 Å². The Kier molecular flexibility index (Phi) is 5.00.